The summed E-state index contributed by atoms with van der Waals surface area (Å²) in [7, 11) is -3.95. The standard InChI is InChI=1S/C24H34N4O6S2/c1-14(2)34-23(31)27-16-8-6-15(7-9-16)21-25-13-19(35-21)18-11-10-17(26-22(29)30)12-20(18)36(32,33)28-24(3,4)5/h10-16,26,28H,6-9H2,1-5H3,(H,27,31)(H,29,30). The number of carbonyl (C=O) groups is 2. The van der Waals surface area contributed by atoms with Crippen molar-refractivity contribution >= 4 is 39.2 Å². The average Bonchev–Trinajstić information content (AvgIpc) is 3.21. The van der Waals surface area contributed by atoms with Crippen molar-refractivity contribution in [3.8, 4) is 10.4 Å². The van der Waals surface area contributed by atoms with E-state index in [9.17, 15) is 18.0 Å². The number of rotatable bonds is 7. The lowest BCUT2D eigenvalue weighted by atomic mass is 9.86. The van der Waals surface area contributed by atoms with Crippen LogP contribution in [0, 0.1) is 0 Å². The third kappa shape index (κ3) is 7.65. The van der Waals surface area contributed by atoms with Crippen LogP contribution in [0.1, 0.15) is 71.2 Å². The number of anilines is 1. The minimum Gasteiger partial charge on any atom is -0.465 e. The topological polar surface area (TPSA) is 147 Å². The molecular weight excluding hydrogens is 504 g/mol. The Morgan fingerprint density at radius 2 is 1.83 bits per heavy atom. The summed E-state index contributed by atoms with van der Waals surface area (Å²) in [6.45, 7) is 8.83. The van der Waals surface area contributed by atoms with Gasteiger partial charge >= 0.3 is 12.2 Å². The van der Waals surface area contributed by atoms with Gasteiger partial charge in [0, 0.05) is 34.9 Å². The number of alkyl carbamates (subject to hydrolysis) is 1. The van der Waals surface area contributed by atoms with Crippen molar-refractivity contribution in [3.63, 3.8) is 0 Å². The highest BCUT2D eigenvalue weighted by atomic mass is 32.2. The summed E-state index contributed by atoms with van der Waals surface area (Å²) in [6, 6.07) is 4.51. The summed E-state index contributed by atoms with van der Waals surface area (Å²) in [6.07, 6.45) is 3.11. The molecule has 0 aliphatic heterocycles. The van der Waals surface area contributed by atoms with E-state index >= 15 is 0 Å². The molecular formula is C24H34N4O6S2. The van der Waals surface area contributed by atoms with Gasteiger partial charge in [0.1, 0.15) is 0 Å². The highest BCUT2D eigenvalue weighted by Crippen LogP contribution is 2.40. The Morgan fingerprint density at radius 1 is 1.17 bits per heavy atom. The minimum absolute atomic E-state index is 0.0181. The van der Waals surface area contributed by atoms with Crippen LogP contribution in [0.25, 0.3) is 10.4 Å². The molecule has 12 heteroatoms. The van der Waals surface area contributed by atoms with Crippen molar-refractivity contribution in [2.75, 3.05) is 5.32 Å². The van der Waals surface area contributed by atoms with E-state index in [-0.39, 0.29) is 28.6 Å². The van der Waals surface area contributed by atoms with Gasteiger partial charge in [0.2, 0.25) is 10.0 Å². The number of nitrogens with one attached hydrogen (secondary N) is 3. The number of carbonyl (C=O) groups excluding carboxylic acids is 1. The molecule has 198 valence electrons. The lowest BCUT2D eigenvalue weighted by Gasteiger charge is -2.28. The summed E-state index contributed by atoms with van der Waals surface area (Å²) in [5, 5.41) is 15.1. The van der Waals surface area contributed by atoms with E-state index in [1.54, 1.807) is 33.0 Å². The molecule has 1 aromatic carbocycles. The fourth-order valence-electron chi connectivity index (χ4n) is 4.11. The third-order valence-electron chi connectivity index (χ3n) is 5.49. The van der Waals surface area contributed by atoms with Crippen LogP contribution in [-0.4, -0.2) is 48.4 Å². The summed E-state index contributed by atoms with van der Waals surface area (Å²) in [4.78, 5) is 28.2. The van der Waals surface area contributed by atoms with Crippen molar-refractivity contribution in [2.45, 2.75) is 88.8 Å². The van der Waals surface area contributed by atoms with E-state index in [0.29, 0.717) is 10.4 Å². The summed E-state index contributed by atoms with van der Waals surface area (Å²) >= 11 is 1.43. The number of amides is 2. The number of carboxylic acid groups (broad SMARTS) is 1. The molecule has 2 aromatic rings. The maximum absolute atomic E-state index is 13.2. The van der Waals surface area contributed by atoms with E-state index in [1.165, 1.54) is 23.5 Å². The van der Waals surface area contributed by atoms with Gasteiger partial charge in [0.25, 0.3) is 0 Å². The quantitative estimate of drug-likeness (QED) is 0.382. The number of sulfonamides is 1. The maximum Gasteiger partial charge on any atom is 0.409 e. The van der Waals surface area contributed by atoms with Crippen LogP contribution in [0.5, 0.6) is 0 Å². The Labute approximate surface area is 215 Å². The van der Waals surface area contributed by atoms with E-state index in [2.05, 4.69) is 20.3 Å². The molecule has 10 nitrogen and oxygen atoms in total. The molecule has 1 aromatic heterocycles. The first-order chi connectivity index (χ1) is 16.7. The van der Waals surface area contributed by atoms with Crippen molar-refractivity contribution in [1.29, 1.82) is 0 Å². The zero-order valence-corrected chi connectivity index (χ0v) is 22.8. The highest BCUT2D eigenvalue weighted by molar-refractivity contribution is 7.89. The third-order valence-corrected chi connectivity index (χ3v) is 8.48. The van der Waals surface area contributed by atoms with Crippen molar-refractivity contribution < 1.29 is 27.9 Å². The summed E-state index contributed by atoms with van der Waals surface area (Å²) in [5.74, 6) is 0.212. The van der Waals surface area contributed by atoms with Gasteiger partial charge in [-0.25, -0.2) is 27.7 Å². The van der Waals surface area contributed by atoms with Gasteiger partial charge in [-0.15, -0.1) is 11.3 Å². The van der Waals surface area contributed by atoms with Crippen molar-refractivity contribution in [1.82, 2.24) is 15.0 Å². The fraction of sp³-hybridized carbons (Fsp3) is 0.542. The van der Waals surface area contributed by atoms with E-state index in [4.69, 9.17) is 9.84 Å². The second-order valence-electron chi connectivity index (χ2n) is 10.2. The first-order valence-electron chi connectivity index (χ1n) is 11.8. The molecule has 3 rings (SSSR count). The number of nitrogens with zero attached hydrogens (tertiary/aromatic N) is 1. The molecule has 2 amide bonds. The van der Waals surface area contributed by atoms with Crippen LogP contribution in [0.4, 0.5) is 15.3 Å². The molecule has 1 saturated carbocycles. The zero-order chi connectivity index (χ0) is 26.7. The monoisotopic (exact) mass is 538 g/mol. The number of ether oxygens (including phenoxy) is 1. The molecule has 1 aliphatic rings. The molecule has 0 saturated heterocycles. The van der Waals surface area contributed by atoms with Gasteiger partial charge in [0.15, 0.2) is 0 Å². The molecule has 0 bridgehead atoms. The maximum atomic E-state index is 13.2. The average molecular weight is 539 g/mol. The van der Waals surface area contributed by atoms with Gasteiger partial charge in [-0.3, -0.25) is 5.32 Å². The van der Waals surface area contributed by atoms with Crippen molar-refractivity contribution in [3.05, 3.63) is 29.4 Å². The molecule has 36 heavy (non-hydrogen) atoms. The van der Waals surface area contributed by atoms with Gasteiger partial charge in [0.05, 0.1) is 20.9 Å². The summed E-state index contributed by atoms with van der Waals surface area (Å²) < 4.78 is 34.3. The van der Waals surface area contributed by atoms with E-state index in [1.807, 2.05) is 13.8 Å². The van der Waals surface area contributed by atoms with Gasteiger partial charge in [-0.05, 0) is 72.4 Å². The van der Waals surface area contributed by atoms with Gasteiger partial charge in [-0.1, -0.05) is 6.07 Å². The molecule has 1 aliphatic carbocycles. The normalized spacial score (nSPS) is 18.6. The second kappa shape index (κ2) is 11.1. The lowest BCUT2D eigenvalue weighted by Crippen LogP contribution is -2.40. The molecule has 1 fully saturated rings. The van der Waals surface area contributed by atoms with Gasteiger partial charge < -0.3 is 15.2 Å². The molecule has 0 spiro atoms. The Kier molecular flexibility index (Phi) is 8.63. The van der Waals surface area contributed by atoms with Crippen LogP contribution < -0.4 is 15.4 Å². The summed E-state index contributed by atoms with van der Waals surface area (Å²) in [5.41, 5.74) is -0.107. The Balaban J connectivity index is 1.81. The number of hydrogen-bond acceptors (Lipinski definition) is 7. The van der Waals surface area contributed by atoms with Crippen molar-refractivity contribution in [2.24, 2.45) is 0 Å². The van der Waals surface area contributed by atoms with Gasteiger partial charge in [-0.2, -0.15) is 0 Å². The number of thiazole rings is 1. The predicted octanol–water partition coefficient (Wildman–Crippen LogP) is 5.14. The second-order valence-corrected chi connectivity index (χ2v) is 12.9. The number of hydrogen-bond donors (Lipinski definition) is 4. The molecule has 4 N–H and O–H groups in total. The highest BCUT2D eigenvalue weighted by Gasteiger charge is 2.29. The zero-order valence-electron chi connectivity index (χ0n) is 21.1. The predicted molar refractivity (Wildman–Crippen MR) is 139 cm³/mol. The van der Waals surface area contributed by atoms with E-state index < -0.39 is 27.7 Å². The van der Waals surface area contributed by atoms with Crippen LogP contribution >= 0.6 is 11.3 Å². The Morgan fingerprint density at radius 3 is 2.42 bits per heavy atom. The minimum atomic E-state index is -3.95. The van der Waals surface area contributed by atoms with Crippen LogP contribution in [0.2, 0.25) is 0 Å². The molecule has 0 unspecified atom stereocenters. The van der Waals surface area contributed by atoms with Crippen LogP contribution in [0.3, 0.4) is 0 Å². The van der Waals surface area contributed by atoms with Crippen LogP contribution in [-0.2, 0) is 14.8 Å². The van der Waals surface area contributed by atoms with Crippen LogP contribution in [0.15, 0.2) is 29.3 Å². The molecule has 0 atom stereocenters. The first-order valence-corrected chi connectivity index (χ1v) is 14.1. The fourth-order valence-corrected chi connectivity index (χ4v) is 6.96. The first kappa shape index (κ1) is 27.9. The smallest absolute Gasteiger partial charge is 0.409 e. The SMILES string of the molecule is CC(C)OC(=O)NC1CCC(c2ncc(-c3ccc(NC(=O)O)cc3S(=O)(=O)NC(C)(C)C)s2)CC1. The lowest BCUT2D eigenvalue weighted by molar-refractivity contribution is 0.109. The van der Waals surface area contributed by atoms with E-state index in [0.717, 1.165) is 30.7 Å². The Hall–Kier alpha value is -2.70. The largest absolute Gasteiger partial charge is 0.465 e. The number of benzene rings is 1. The number of aromatic nitrogens is 1. The molecule has 0 radical (unpaired) electrons. The molecule has 1 heterocycles. The Bertz CT molecular complexity index is 1200.